The first-order valence-corrected chi connectivity index (χ1v) is 4.09. The number of aliphatic carboxylic acids is 1. The summed E-state index contributed by atoms with van der Waals surface area (Å²) in [4.78, 5) is 21.0. The van der Waals surface area contributed by atoms with E-state index in [9.17, 15) is 9.59 Å². The van der Waals surface area contributed by atoms with Gasteiger partial charge in [-0.05, 0) is 13.8 Å². The van der Waals surface area contributed by atoms with Crippen LogP contribution in [0.15, 0.2) is 0 Å². The summed E-state index contributed by atoms with van der Waals surface area (Å²) in [7, 11) is 0. The SMILES string of the molecule is CC(=O)NCCNC(C)(C)C(=O)O. The van der Waals surface area contributed by atoms with E-state index in [0.717, 1.165) is 0 Å². The fourth-order valence-electron chi connectivity index (χ4n) is 0.689. The molecule has 0 rings (SSSR count). The summed E-state index contributed by atoms with van der Waals surface area (Å²) < 4.78 is 0. The van der Waals surface area contributed by atoms with Crippen LogP contribution in [0.4, 0.5) is 0 Å². The lowest BCUT2D eigenvalue weighted by Crippen LogP contribution is -2.49. The average molecular weight is 188 g/mol. The largest absolute Gasteiger partial charge is 0.480 e. The molecule has 5 heteroatoms. The van der Waals surface area contributed by atoms with Gasteiger partial charge in [-0.15, -0.1) is 0 Å². The minimum Gasteiger partial charge on any atom is -0.480 e. The Morgan fingerprint density at radius 3 is 2.23 bits per heavy atom. The number of carboxylic acid groups (broad SMARTS) is 1. The maximum absolute atomic E-state index is 10.6. The molecule has 0 aliphatic rings. The van der Waals surface area contributed by atoms with E-state index in [1.807, 2.05) is 0 Å². The summed E-state index contributed by atoms with van der Waals surface area (Å²) >= 11 is 0. The van der Waals surface area contributed by atoms with Gasteiger partial charge in [0.05, 0.1) is 0 Å². The number of amides is 1. The summed E-state index contributed by atoms with van der Waals surface area (Å²) in [5.41, 5.74) is -0.946. The second-order valence-corrected chi connectivity index (χ2v) is 3.34. The molecule has 13 heavy (non-hydrogen) atoms. The molecule has 1 amide bonds. The number of carbonyl (C=O) groups excluding carboxylic acids is 1. The van der Waals surface area contributed by atoms with Crippen molar-refractivity contribution in [2.45, 2.75) is 26.3 Å². The third kappa shape index (κ3) is 5.19. The van der Waals surface area contributed by atoms with Gasteiger partial charge in [0.1, 0.15) is 5.54 Å². The second kappa shape index (κ2) is 4.81. The summed E-state index contributed by atoms with van der Waals surface area (Å²) in [6, 6.07) is 0. The maximum Gasteiger partial charge on any atom is 0.323 e. The van der Waals surface area contributed by atoms with Crippen molar-refractivity contribution in [2.75, 3.05) is 13.1 Å². The van der Waals surface area contributed by atoms with E-state index in [2.05, 4.69) is 10.6 Å². The molecule has 0 heterocycles. The fraction of sp³-hybridized carbons (Fsp3) is 0.750. The minimum atomic E-state index is -0.946. The monoisotopic (exact) mass is 188 g/mol. The van der Waals surface area contributed by atoms with E-state index in [0.29, 0.717) is 13.1 Å². The van der Waals surface area contributed by atoms with E-state index < -0.39 is 11.5 Å². The Hall–Kier alpha value is -1.10. The van der Waals surface area contributed by atoms with Gasteiger partial charge < -0.3 is 15.7 Å². The molecule has 0 aromatic carbocycles. The summed E-state index contributed by atoms with van der Waals surface area (Å²) in [6.07, 6.45) is 0. The Bertz CT molecular complexity index is 202. The highest BCUT2D eigenvalue weighted by Gasteiger charge is 2.25. The molecule has 0 saturated heterocycles. The van der Waals surface area contributed by atoms with Gasteiger partial charge in [0, 0.05) is 20.0 Å². The van der Waals surface area contributed by atoms with Gasteiger partial charge in [-0.2, -0.15) is 0 Å². The highest BCUT2D eigenvalue weighted by molar-refractivity contribution is 5.77. The Kier molecular flexibility index (Phi) is 4.40. The lowest BCUT2D eigenvalue weighted by Gasteiger charge is -2.20. The molecular formula is C8H16N2O3. The predicted octanol–water partition coefficient (Wildman–Crippen LogP) is -0.425. The first-order chi connectivity index (χ1) is 5.86. The Labute approximate surface area is 77.5 Å². The quantitative estimate of drug-likeness (QED) is 0.512. The Morgan fingerprint density at radius 2 is 1.85 bits per heavy atom. The van der Waals surface area contributed by atoms with E-state index in [-0.39, 0.29) is 5.91 Å². The van der Waals surface area contributed by atoms with E-state index in [1.54, 1.807) is 13.8 Å². The van der Waals surface area contributed by atoms with Crippen LogP contribution in [0, 0.1) is 0 Å². The zero-order valence-electron chi connectivity index (χ0n) is 8.18. The molecule has 5 nitrogen and oxygen atoms in total. The number of rotatable bonds is 5. The van der Waals surface area contributed by atoms with Crippen LogP contribution < -0.4 is 10.6 Å². The van der Waals surface area contributed by atoms with Crippen LogP contribution in [-0.4, -0.2) is 35.6 Å². The topological polar surface area (TPSA) is 78.4 Å². The molecule has 0 unspecified atom stereocenters. The smallest absolute Gasteiger partial charge is 0.323 e. The first-order valence-electron chi connectivity index (χ1n) is 4.09. The normalized spacial score (nSPS) is 11.0. The first kappa shape index (κ1) is 11.9. The molecule has 0 atom stereocenters. The standard InChI is InChI=1S/C8H16N2O3/c1-6(11)9-4-5-10-8(2,3)7(12)13/h10H,4-5H2,1-3H3,(H,9,11)(H,12,13). The van der Waals surface area contributed by atoms with Crippen LogP contribution in [0.25, 0.3) is 0 Å². The molecular weight excluding hydrogens is 172 g/mol. The number of nitrogens with one attached hydrogen (secondary N) is 2. The minimum absolute atomic E-state index is 0.116. The summed E-state index contributed by atoms with van der Waals surface area (Å²) in [5, 5.41) is 14.1. The van der Waals surface area contributed by atoms with Crippen molar-refractivity contribution in [3.8, 4) is 0 Å². The van der Waals surface area contributed by atoms with Crippen LogP contribution in [-0.2, 0) is 9.59 Å². The molecule has 0 spiro atoms. The van der Waals surface area contributed by atoms with Crippen LogP contribution in [0.1, 0.15) is 20.8 Å². The summed E-state index contributed by atoms with van der Waals surface area (Å²) in [6.45, 7) is 5.44. The highest BCUT2D eigenvalue weighted by atomic mass is 16.4. The van der Waals surface area contributed by atoms with Crippen molar-refractivity contribution < 1.29 is 14.7 Å². The maximum atomic E-state index is 10.6. The molecule has 76 valence electrons. The van der Waals surface area contributed by atoms with Crippen molar-refractivity contribution in [2.24, 2.45) is 0 Å². The molecule has 0 fully saturated rings. The van der Waals surface area contributed by atoms with Crippen molar-refractivity contribution in [1.82, 2.24) is 10.6 Å². The predicted molar refractivity (Wildman–Crippen MR) is 48.4 cm³/mol. The number of carbonyl (C=O) groups is 2. The van der Waals surface area contributed by atoms with Gasteiger partial charge in [0.2, 0.25) is 5.91 Å². The van der Waals surface area contributed by atoms with Crippen LogP contribution in [0.2, 0.25) is 0 Å². The van der Waals surface area contributed by atoms with Crippen molar-refractivity contribution in [1.29, 1.82) is 0 Å². The molecule has 0 aromatic rings. The highest BCUT2D eigenvalue weighted by Crippen LogP contribution is 1.99. The fourth-order valence-corrected chi connectivity index (χ4v) is 0.689. The Morgan fingerprint density at radius 1 is 1.31 bits per heavy atom. The van der Waals surface area contributed by atoms with E-state index in [1.165, 1.54) is 6.92 Å². The molecule has 0 saturated carbocycles. The van der Waals surface area contributed by atoms with Crippen LogP contribution in [0.5, 0.6) is 0 Å². The number of hydrogen-bond acceptors (Lipinski definition) is 3. The van der Waals surface area contributed by atoms with Gasteiger partial charge >= 0.3 is 5.97 Å². The van der Waals surface area contributed by atoms with Gasteiger partial charge in [0.15, 0.2) is 0 Å². The van der Waals surface area contributed by atoms with Crippen molar-refractivity contribution in [3.63, 3.8) is 0 Å². The lowest BCUT2D eigenvalue weighted by atomic mass is 10.1. The third-order valence-corrected chi connectivity index (χ3v) is 1.60. The summed E-state index contributed by atoms with van der Waals surface area (Å²) in [5.74, 6) is -1.02. The third-order valence-electron chi connectivity index (χ3n) is 1.60. The zero-order chi connectivity index (χ0) is 10.5. The second-order valence-electron chi connectivity index (χ2n) is 3.34. The molecule has 0 aromatic heterocycles. The molecule has 0 aliphatic heterocycles. The molecule has 0 bridgehead atoms. The van der Waals surface area contributed by atoms with E-state index >= 15 is 0 Å². The molecule has 0 radical (unpaired) electrons. The molecule has 3 N–H and O–H groups in total. The van der Waals surface area contributed by atoms with E-state index in [4.69, 9.17) is 5.11 Å². The van der Waals surface area contributed by atoms with Gasteiger partial charge in [-0.1, -0.05) is 0 Å². The molecule has 0 aliphatic carbocycles. The van der Waals surface area contributed by atoms with Crippen LogP contribution in [0.3, 0.4) is 0 Å². The van der Waals surface area contributed by atoms with Gasteiger partial charge in [0.25, 0.3) is 0 Å². The zero-order valence-corrected chi connectivity index (χ0v) is 8.18. The number of carboxylic acids is 1. The average Bonchev–Trinajstić information content (AvgIpc) is 1.97. The van der Waals surface area contributed by atoms with Crippen LogP contribution >= 0.6 is 0 Å². The lowest BCUT2D eigenvalue weighted by molar-refractivity contribution is -0.143. The van der Waals surface area contributed by atoms with Gasteiger partial charge in [-0.3, -0.25) is 9.59 Å². The van der Waals surface area contributed by atoms with Crippen molar-refractivity contribution >= 4 is 11.9 Å². The van der Waals surface area contributed by atoms with Gasteiger partial charge in [-0.25, -0.2) is 0 Å². The van der Waals surface area contributed by atoms with Crippen molar-refractivity contribution in [3.05, 3.63) is 0 Å². The Balaban J connectivity index is 3.64. The number of hydrogen-bond donors (Lipinski definition) is 3.